The lowest BCUT2D eigenvalue weighted by Gasteiger charge is -2.23. The number of hydrogen-bond acceptors (Lipinski definition) is 3. The third-order valence-electron chi connectivity index (χ3n) is 2.19. The molecule has 0 bridgehead atoms. The summed E-state index contributed by atoms with van der Waals surface area (Å²) in [7, 11) is 0. The van der Waals surface area contributed by atoms with Crippen LogP contribution in [0.15, 0.2) is 22.7 Å². The second-order valence-electron chi connectivity index (χ2n) is 5.17. The Bertz CT molecular complexity index is 393. The summed E-state index contributed by atoms with van der Waals surface area (Å²) in [6.45, 7) is 6.60. The van der Waals surface area contributed by atoms with E-state index in [-0.39, 0.29) is 18.0 Å². The van der Waals surface area contributed by atoms with Crippen LogP contribution < -0.4 is 10.1 Å². The first-order valence-electron chi connectivity index (χ1n) is 5.79. The molecule has 1 atom stereocenters. The van der Waals surface area contributed by atoms with Crippen molar-refractivity contribution in [1.29, 1.82) is 0 Å². The average Bonchev–Trinajstić information content (AvgIpc) is 2.26. The third-order valence-corrected chi connectivity index (χ3v) is 2.85. The van der Waals surface area contributed by atoms with Gasteiger partial charge in [-0.1, -0.05) is 0 Å². The molecule has 18 heavy (non-hydrogen) atoms. The summed E-state index contributed by atoms with van der Waals surface area (Å²) in [5, 5.41) is 12.9. The van der Waals surface area contributed by atoms with Gasteiger partial charge >= 0.3 is 0 Å². The van der Waals surface area contributed by atoms with Crippen LogP contribution in [0.1, 0.15) is 20.8 Å². The Morgan fingerprint density at radius 1 is 1.44 bits per heavy atom. The molecule has 102 valence electrons. The summed E-state index contributed by atoms with van der Waals surface area (Å²) in [5.41, 5.74) is -0.0551. The van der Waals surface area contributed by atoms with Crippen LogP contribution in [0.4, 0.5) is 4.39 Å². The average molecular weight is 320 g/mol. The predicted octanol–water partition coefficient (Wildman–Crippen LogP) is 2.72. The van der Waals surface area contributed by atoms with Gasteiger partial charge in [-0.3, -0.25) is 0 Å². The Hall–Kier alpha value is -0.650. The van der Waals surface area contributed by atoms with E-state index in [1.807, 2.05) is 20.8 Å². The van der Waals surface area contributed by atoms with Gasteiger partial charge < -0.3 is 15.2 Å². The summed E-state index contributed by atoms with van der Waals surface area (Å²) in [5.74, 6) is 0.0281. The number of hydrogen-bond donors (Lipinski definition) is 2. The van der Waals surface area contributed by atoms with Crippen LogP contribution in [0.3, 0.4) is 0 Å². The number of rotatable bonds is 5. The van der Waals surface area contributed by atoms with Gasteiger partial charge in [-0.2, -0.15) is 0 Å². The number of nitrogens with one attached hydrogen (secondary N) is 1. The SMILES string of the molecule is CC(C)(C)NCC(O)COc1cc(F)ccc1Br. The lowest BCUT2D eigenvalue weighted by molar-refractivity contribution is 0.0995. The Labute approximate surface area is 115 Å². The van der Waals surface area contributed by atoms with Crippen LogP contribution in [0.5, 0.6) is 5.75 Å². The molecule has 0 spiro atoms. The lowest BCUT2D eigenvalue weighted by atomic mass is 10.1. The minimum Gasteiger partial charge on any atom is -0.490 e. The highest BCUT2D eigenvalue weighted by Gasteiger charge is 2.13. The first-order valence-corrected chi connectivity index (χ1v) is 6.58. The number of β-amino-alcohol motifs (C(OH)–C–C–N with tert-alkyl or cyclic N) is 1. The topological polar surface area (TPSA) is 41.5 Å². The molecule has 0 saturated heterocycles. The molecular formula is C13H19BrFNO2. The van der Waals surface area contributed by atoms with Crippen LogP contribution in [0, 0.1) is 5.82 Å². The molecule has 1 rings (SSSR count). The van der Waals surface area contributed by atoms with E-state index in [0.717, 1.165) is 0 Å². The highest BCUT2D eigenvalue weighted by molar-refractivity contribution is 9.10. The zero-order valence-corrected chi connectivity index (χ0v) is 12.4. The van der Waals surface area contributed by atoms with Gasteiger partial charge in [0, 0.05) is 18.2 Å². The van der Waals surface area contributed by atoms with Crippen LogP contribution in [-0.2, 0) is 0 Å². The van der Waals surface area contributed by atoms with Crippen LogP contribution >= 0.6 is 15.9 Å². The zero-order valence-electron chi connectivity index (χ0n) is 10.8. The Balaban J connectivity index is 2.42. The van der Waals surface area contributed by atoms with Crippen molar-refractivity contribution in [2.24, 2.45) is 0 Å². The van der Waals surface area contributed by atoms with Gasteiger partial charge in [0.25, 0.3) is 0 Å². The van der Waals surface area contributed by atoms with E-state index in [0.29, 0.717) is 16.8 Å². The van der Waals surface area contributed by atoms with Crippen molar-refractivity contribution in [2.75, 3.05) is 13.2 Å². The molecule has 3 nitrogen and oxygen atoms in total. The van der Waals surface area contributed by atoms with Crippen molar-refractivity contribution in [3.8, 4) is 5.75 Å². The number of aliphatic hydroxyl groups excluding tert-OH is 1. The fraction of sp³-hybridized carbons (Fsp3) is 0.538. The summed E-state index contributed by atoms with van der Waals surface area (Å²) in [4.78, 5) is 0. The molecule has 1 aromatic rings. The van der Waals surface area contributed by atoms with Gasteiger partial charge in [-0.05, 0) is 48.8 Å². The maximum atomic E-state index is 13.0. The molecule has 0 saturated carbocycles. The Morgan fingerprint density at radius 3 is 2.72 bits per heavy atom. The number of benzene rings is 1. The molecule has 2 N–H and O–H groups in total. The van der Waals surface area contributed by atoms with Crippen molar-refractivity contribution in [3.05, 3.63) is 28.5 Å². The minimum absolute atomic E-state index is 0.0551. The normalized spacial score (nSPS) is 13.4. The molecule has 0 radical (unpaired) electrons. The van der Waals surface area contributed by atoms with E-state index in [4.69, 9.17) is 4.74 Å². The highest BCUT2D eigenvalue weighted by Crippen LogP contribution is 2.25. The molecule has 0 fully saturated rings. The first kappa shape index (κ1) is 15.4. The summed E-state index contributed by atoms with van der Waals surface area (Å²) in [6.07, 6.45) is -0.639. The first-order chi connectivity index (χ1) is 8.28. The number of halogens is 2. The van der Waals surface area contributed by atoms with Gasteiger partial charge in [0.15, 0.2) is 0 Å². The van der Waals surface area contributed by atoms with Crippen molar-refractivity contribution in [2.45, 2.75) is 32.4 Å². The van der Waals surface area contributed by atoms with Crippen LogP contribution in [0.2, 0.25) is 0 Å². The highest BCUT2D eigenvalue weighted by atomic mass is 79.9. The maximum absolute atomic E-state index is 13.0. The van der Waals surface area contributed by atoms with Crippen molar-refractivity contribution >= 4 is 15.9 Å². The quantitative estimate of drug-likeness (QED) is 0.876. The Morgan fingerprint density at radius 2 is 2.11 bits per heavy atom. The summed E-state index contributed by atoms with van der Waals surface area (Å²) in [6, 6.07) is 4.20. The Kier molecular flexibility index (Phi) is 5.56. The van der Waals surface area contributed by atoms with E-state index >= 15 is 0 Å². The fourth-order valence-electron chi connectivity index (χ4n) is 1.26. The summed E-state index contributed by atoms with van der Waals surface area (Å²) >= 11 is 3.26. The fourth-order valence-corrected chi connectivity index (χ4v) is 1.62. The van der Waals surface area contributed by atoms with E-state index in [2.05, 4.69) is 21.2 Å². The molecule has 0 amide bonds. The minimum atomic E-state index is -0.639. The van der Waals surface area contributed by atoms with Crippen molar-refractivity contribution in [1.82, 2.24) is 5.32 Å². The number of ether oxygens (including phenoxy) is 1. The van der Waals surface area contributed by atoms with Gasteiger partial charge in [-0.25, -0.2) is 4.39 Å². The molecule has 5 heteroatoms. The molecule has 0 aliphatic heterocycles. The van der Waals surface area contributed by atoms with E-state index in [9.17, 15) is 9.50 Å². The zero-order chi connectivity index (χ0) is 13.8. The molecule has 0 aliphatic rings. The monoisotopic (exact) mass is 319 g/mol. The van der Waals surface area contributed by atoms with E-state index in [1.165, 1.54) is 12.1 Å². The predicted molar refractivity (Wildman–Crippen MR) is 73.4 cm³/mol. The molecule has 1 aromatic carbocycles. The second-order valence-corrected chi connectivity index (χ2v) is 6.02. The van der Waals surface area contributed by atoms with Crippen molar-refractivity contribution in [3.63, 3.8) is 0 Å². The largest absolute Gasteiger partial charge is 0.490 e. The van der Waals surface area contributed by atoms with Crippen LogP contribution in [0.25, 0.3) is 0 Å². The van der Waals surface area contributed by atoms with Gasteiger partial charge in [0.1, 0.15) is 24.3 Å². The van der Waals surface area contributed by atoms with E-state index < -0.39 is 6.10 Å². The molecular weight excluding hydrogens is 301 g/mol. The molecule has 1 unspecified atom stereocenters. The smallest absolute Gasteiger partial charge is 0.136 e. The van der Waals surface area contributed by atoms with Gasteiger partial charge in [0.2, 0.25) is 0 Å². The van der Waals surface area contributed by atoms with Crippen molar-refractivity contribution < 1.29 is 14.2 Å². The maximum Gasteiger partial charge on any atom is 0.136 e. The third kappa shape index (κ3) is 5.80. The number of aliphatic hydroxyl groups is 1. The van der Waals surface area contributed by atoms with Gasteiger partial charge in [-0.15, -0.1) is 0 Å². The molecule has 0 heterocycles. The molecule has 0 aromatic heterocycles. The molecule has 0 aliphatic carbocycles. The lowest BCUT2D eigenvalue weighted by Crippen LogP contribution is -2.42. The standard InChI is InChI=1S/C13H19BrFNO2/c1-13(2,3)16-7-10(17)8-18-12-6-9(15)4-5-11(12)14/h4-6,10,16-17H,7-8H2,1-3H3. The second kappa shape index (κ2) is 6.50. The van der Waals surface area contributed by atoms with Crippen LogP contribution in [-0.4, -0.2) is 29.9 Å². The van der Waals surface area contributed by atoms with E-state index in [1.54, 1.807) is 6.07 Å². The van der Waals surface area contributed by atoms with Gasteiger partial charge in [0.05, 0.1) is 4.47 Å². The summed E-state index contributed by atoms with van der Waals surface area (Å²) < 4.78 is 19.0.